The van der Waals surface area contributed by atoms with E-state index in [0.717, 1.165) is 11.1 Å². The molecule has 1 aromatic heterocycles. The Morgan fingerprint density at radius 1 is 1.17 bits per heavy atom. The lowest BCUT2D eigenvalue weighted by Crippen LogP contribution is -2.69. The van der Waals surface area contributed by atoms with Crippen LogP contribution < -0.4 is 24.3 Å². The van der Waals surface area contributed by atoms with Crippen LogP contribution in [-0.4, -0.2) is 95.2 Å². The number of nitrogens with one attached hydrogen (secondary N) is 1. The second kappa shape index (κ2) is 13.3. The fourth-order valence-corrected chi connectivity index (χ4v) is 10.6. The maximum Gasteiger partial charge on any atom is 0.329 e. The van der Waals surface area contributed by atoms with Crippen LogP contribution in [0.15, 0.2) is 24.4 Å². The minimum Gasteiger partial charge on any atom is -0.504 e. The molecule has 9 rings (SSSR count). The molecular weight excluding hydrogens is 726 g/mol. The maximum atomic E-state index is 13.9. The van der Waals surface area contributed by atoms with Crippen molar-refractivity contribution >= 4 is 41.2 Å². The number of rotatable bonds is 4. The zero-order chi connectivity index (χ0) is 37.5. The van der Waals surface area contributed by atoms with Crippen molar-refractivity contribution in [3.8, 4) is 34.8 Å². The number of carbonyl (C=O) groups is 3. The predicted molar refractivity (Wildman–Crippen MR) is 190 cm³/mol. The summed E-state index contributed by atoms with van der Waals surface area (Å²) in [6.45, 7) is 4.66. The number of piperazine rings is 1. The largest absolute Gasteiger partial charge is 0.504 e. The number of fused-ring (bicyclic) bond motifs is 10. The van der Waals surface area contributed by atoms with Crippen molar-refractivity contribution in [3.63, 3.8) is 0 Å². The Balaban J connectivity index is 1.36. The van der Waals surface area contributed by atoms with E-state index in [1.807, 2.05) is 20.0 Å². The number of carbonyl (C=O) groups excluding carboxylic acids is 3. The molecule has 1 unspecified atom stereocenters. The molecule has 6 aliphatic rings. The lowest BCUT2D eigenvalue weighted by Gasteiger charge is -2.61. The van der Waals surface area contributed by atoms with Gasteiger partial charge in [-0.3, -0.25) is 19.4 Å². The van der Waals surface area contributed by atoms with Gasteiger partial charge in [0.25, 0.3) is 5.91 Å². The number of aryl methyl sites for hydroxylation is 1. The van der Waals surface area contributed by atoms with Crippen molar-refractivity contribution in [1.82, 2.24) is 20.1 Å². The van der Waals surface area contributed by atoms with Crippen LogP contribution in [0.4, 0.5) is 0 Å². The first-order valence-corrected chi connectivity index (χ1v) is 18.5. The number of hydrogen-bond donors (Lipinski definition) is 2. The highest BCUT2D eigenvalue weighted by molar-refractivity contribution is 7.99. The zero-order valence-electron chi connectivity index (χ0n) is 29.5. The molecule has 1 amide bonds. The normalized spacial score (nSPS) is 27.0. The van der Waals surface area contributed by atoms with Crippen molar-refractivity contribution in [2.24, 2.45) is 0 Å². The lowest BCUT2D eigenvalue weighted by atomic mass is 9.71. The number of pyridine rings is 1. The fraction of sp³-hybridized carbons (Fsp3) is 0.432. The minimum absolute atomic E-state index is 0.0124. The number of amides is 1. The summed E-state index contributed by atoms with van der Waals surface area (Å²) >= 11 is 7.58. The predicted octanol–water partition coefficient (Wildman–Crippen LogP) is 4.08. The first-order chi connectivity index (χ1) is 25.5. The van der Waals surface area contributed by atoms with Crippen LogP contribution in [0.1, 0.15) is 68.0 Å². The van der Waals surface area contributed by atoms with E-state index in [-0.39, 0.29) is 47.4 Å². The van der Waals surface area contributed by atoms with Crippen LogP contribution in [0.3, 0.4) is 0 Å². The molecule has 2 N–H and O–H groups in total. The third-order valence-corrected chi connectivity index (χ3v) is 12.7. The summed E-state index contributed by atoms with van der Waals surface area (Å²) in [5.41, 5.74) is 4.21. The van der Waals surface area contributed by atoms with Gasteiger partial charge in [-0.25, -0.2) is 9.78 Å². The number of aromatic hydroxyl groups is 1. The third-order valence-electron chi connectivity index (χ3n) is 11.0. The zero-order valence-corrected chi connectivity index (χ0v) is 31.0. The topological polar surface area (TPSA) is 173 Å². The average molecular weight is 762 g/mol. The number of ether oxygens (including phenoxy) is 5. The minimum atomic E-state index is -1.12. The van der Waals surface area contributed by atoms with Crippen molar-refractivity contribution in [2.75, 3.05) is 33.3 Å². The van der Waals surface area contributed by atoms with Crippen molar-refractivity contribution < 1.29 is 43.2 Å². The highest BCUT2D eigenvalue weighted by Crippen LogP contribution is 2.64. The number of methoxy groups -OCH3 is 1. The molecule has 2 aromatic carbocycles. The Kier molecular flexibility index (Phi) is 8.84. The Labute approximate surface area is 314 Å². The molecule has 6 aliphatic heterocycles. The van der Waals surface area contributed by atoms with E-state index in [4.69, 9.17) is 35.3 Å². The molecule has 7 atom stereocenters. The number of phenolic OH excluding ortho intramolecular Hbond substituents is 1. The Hall–Kier alpha value is -4.75. The standard InChI is InChI=1S/C37H36ClN5O9S/c1-15-9-18-10-21-22(11-39)43-23-12-49-37(47)20(41-36(46)19-7-6-8-40-35(19)38)13-53-34(28(43)27(42(21)4)24(18)29(45)30(15)48-5)26-25(23)33-32(50-14-51-33)16(2)31(26)52-17(3)44/h6-9,20-23,27-28,34,45H,10,12-14H2,1-5H3,(H,41,46)/t20-,21-,22-,23-,27+,28?,34+/m0/s1. The van der Waals surface area contributed by atoms with Gasteiger partial charge < -0.3 is 34.1 Å². The first kappa shape index (κ1) is 35.3. The Bertz CT molecular complexity index is 2130. The Morgan fingerprint density at radius 3 is 2.66 bits per heavy atom. The average Bonchev–Trinajstić information content (AvgIpc) is 3.61. The van der Waals surface area contributed by atoms with Crippen LogP contribution in [0.5, 0.6) is 28.7 Å². The van der Waals surface area contributed by atoms with Gasteiger partial charge in [-0.05, 0) is 50.6 Å². The number of nitrogens with zero attached hydrogens (tertiary/aromatic N) is 4. The summed E-state index contributed by atoms with van der Waals surface area (Å²) < 4.78 is 29.9. The molecule has 7 heterocycles. The summed E-state index contributed by atoms with van der Waals surface area (Å²) in [5.74, 6) is -0.333. The molecule has 2 saturated heterocycles. The van der Waals surface area contributed by atoms with Crippen LogP contribution in [0.2, 0.25) is 5.15 Å². The van der Waals surface area contributed by atoms with Crippen molar-refractivity contribution in [2.45, 2.75) is 68.7 Å². The van der Waals surface area contributed by atoms with E-state index >= 15 is 0 Å². The SMILES string of the molecule is COc1c(C)cc2c(c1O)[C@@H]1C3[C@@H]4SC[C@H](NC(=O)c5cccnc5Cl)C(=O)OC[C@@H](c5c6c(c(C)c(OC(C)=O)c54)OCO6)N3[C@@H](C#N)[C@H](C2)N1C. The highest BCUT2D eigenvalue weighted by Gasteiger charge is 2.60. The van der Waals surface area contributed by atoms with Crippen molar-refractivity contribution in [3.05, 3.63) is 68.5 Å². The molecule has 4 bridgehead atoms. The number of aromatic nitrogens is 1. The van der Waals surface area contributed by atoms with Gasteiger partial charge in [0.05, 0.1) is 36.1 Å². The number of nitriles is 1. The number of phenols is 1. The molecule has 14 nitrogen and oxygen atoms in total. The summed E-state index contributed by atoms with van der Waals surface area (Å²) in [6, 6.07) is 3.65. The molecule has 0 saturated carbocycles. The second-order valence-corrected chi connectivity index (χ2v) is 15.3. The summed E-state index contributed by atoms with van der Waals surface area (Å²) in [5, 5.41) is 25.1. The van der Waals surface area contributed by atoms with Gasteiger partial charge in [-0.15, -0.1) is 11.8 Å². The number of likely N-dealkylation sites (N-methyl/N-ethyl adjacent to an activating group) is 1. The molecule has 276 valence electrons. The molecule has 2 fully saturated rings. The number of halogens is 1. The van der Waals surface area contributed by atoms with Crippen molar-refractivity contribution in [1.29, 1.82) is 5.26 Å². The molecule has 3 aromatic rings. The summed E-state index contributed by atoms with van der Waals surface area (Å²) in [6.07, 6.45) is 1.92. The fourth-order valence-electron chi connectivity index (χ4n) is 8.86. The third kappa shape index (κ3) is 5.37. The highest BCUT2D eigenvalue weighted by atomic mass is 35.5. The van der Waals surface area contributed by atoms with E-state index in [2.05, 4.69) is 26.2 Å². The quantitative estimate of drug-likeness (QED) is 0.221. The van der Waals surface area contributed by atoms with E-state index in [9.17, 15) is 24.8 Å². The van der Waals surface area contributed by atoms with Crippen LogP contribution in [0.25, 0.3) is 0 Å². The monoisotopic (exact) mass is 761 g/mol. The molecule has 16 heteroatoms. The number of esters is 2. The first-order valence-electron chi connectivity index (χ1n) is 17.1. The Morgan fingerprint density at radius 2 is 1.94 bits per heavy atom. The van der Waals surface area contributed by atoms with Gasteiger partial charge in [0.1, 0.15) is 29.6 Å². The summed E-state index contributed by atoms with van der Waals surface area (Å²) in [4.78, 5) is 48.3. The maximum absolute atomic E-state index is 13.9. The molecule has 0 radical (unpaired) electrons. The van der Waals surface area contributed by atoms with E-state index in [0.29, 0.717) is 45.9 Å². The number of thioether (sulfide) groups is 1. The van der Waals surface area contributed by atoms with Gasteiger partial charge in [0, 0.05) is 53.2 Å². The van der Waals surface area contributed by atoms with E-state index in [1.54, 1.807) is 13.0 Å². The molecule has 0 spiro atoms. The molecular formula is C37H36ClN5O9S. The molecule has 53 heavy (non-hydrogen) atoms. The smallest absolute Gasteiger partial charge is 0.329 e. The molecule has 0 aliphatic carbocycles. The van der Waals surface area contributed by atoms with Crippen LogP contribution >= 0.6 is 23.4 Å². The van der Waals surface area contributed by atoms with Gasteiger partial charge in [-0.1, -0.05) is 17.7 Å². The second-order valence-electron chi connectivity index (χ2n) is 13.7. The van der Waals surface area contributed by atoms with Gasteiger partial charge in [0.15, 0.2) is 23.0 Å². The van der Waals surface area contributed by atoms with E-state index in [1.165, 1.54) is 38.1 Å². The van der Waals surface area contributed by atoms with Gasteiger partial charge >= 0.3 is 11.9 Å². The lowest BCUT2D eigenvalue weighted by molar-refractivity contribution is -0.151. The number of hydrogen-bond acceptors (Lipinski definition) is 14. The van der Waals surface area contributed by atoms with Gasteiger partial charge in [0.2, 0.25) is 6.79 Å². The van der Waals surface area contributed by atoms with Gasteiger partial charge in [-0.2, -0.15) is 5.26 Å². The van der Waals surface area contributed by atoms with Crippen LogP contribution in [0, 0.1) is 25.2 Å². The number of benzene rings is 2. The van der Waals surface area contributed by atoms with Crippen LogP contribution in [-0.2, 0) is 20.7 Å². The van der Waals surface area contributed by atoms with E-state index < -0.39 is 53.3 Å². The summed E-state index contributed by atoms with van der Waals surface area (Å²) in [7, 11) is 3.46.